The van der Waals surface area contributed by atoms with Gasteiger partial charge in [-0.15, -0.1) is 0 Å². The van der Waals surface area contributed by atoms with Gasteiger partial charge in [0.05, 0.1) is 6.42 Å². The summed E-state index contributed by atoms with van der Waals surface area (Å²) < 4.78 is 11.2. The monoisotopic (exact) mass is 489 g/mol. The van der Waals surface area contributed by atoms with E-state index in [9.17, 15) is 9.59 Å². The van der Waals surface area contributed by atoms with Crippen molar-refractivity contribution in [3.8, 4) is 22.3 Å². The van der Waals surface area contributed by atoms with E-state index in [0.29, 0.717) is 0 Å². The molecule has 1 unspecified atom stereocenters. The maximum atomic E-state index is 12.7. The van der Waals surface area contributed by atoms with E-state index in [2.05, 4.69) is 48.5 Å². The Labute approximate surface area is 215 Å². The Morgan fingerprint density at radius 2 is 0.946 bits per heavy atom. The molecular formula is C32H27NO4. The fourth-order valence-corrected chi connectivity index (χ4v) is 5.65. The molecule has 0 heterocycles. The van der Waals surface area contributed by atoms with Crippen molar-refractivity contribution in [1.29, 1.82) is 0 Å². The summed E-state index contributed by atoms with van der Waals surface area (Å²) in [6.07, 6.45) is -0.229. The number of esters is 2. The molecule has 5 heteroatoms. The van der Waals surface area contributed by atoms with E-state index in [0.717, 1.165) is 44.5 Å². The summed E-state index contributed by atoms with van der Waals surface area (Å²) in [4.78, 5) is 25.3. The number of benzene rings is 4. The Morgan fingerprint density at radius 1 is 0.595 bits per heavy atom. The second kappa shape index (κ2) is 9.68. The largest absolute Gasteiger partial charge is 0.465 e. The third-order valence-electron chi connectivity index (χ3n) is 7.42. The van der Waals surface area contributed by atoms with Crippen LogP contribution < -0.4 is 5.73 Å². The lowest BCUT2D eigenvalue weighted by molar-refractivity contribution is -0.152. The highest BCUT2D eigenvalue weighted by molar-refractivity contribution is 5.84. The SMILES string of the molecule is NC(CC(=O)OCC1c2ccccc2-c2ccccc21)C(=O)OCC1c2ccccc2-c2ccccc21. The van der Waals surface area contributed by atoms with Crippen LogP contribution in [0.4, 0.5) is 0 Å². The second-order valence-corrected chi connectivity index (χ2v) is 9.58. The average Bonchev–Trinajstić information content (AvgIpc) is 3.43. The lowest BCUT2D eigenvalue weighted by Gasteiger charge is -2.17. The summed E-state index contributed by atoms with van der Waals surface area (Å²) in [5, 5.41) is 0. The minimum atomic E-state index is -1.08. The third-order valence-corrected chi connectivity index (χ3v) is 7.42. The Kier molecular flexibility index (Phi) is 6.07. The predicted molar refractivity (Wildman–Crippen MR) is 142 cm³/mol. The topological polar surface area (TPSA) is 78.6 Å². The second-order valence-electron chi connectivity index (χ2n) is 9.58. The molecule has 0 fully saturated rings. The van der Waals surface area contributed by atoms with Crippen molar-refractivity contribution in [2.75, 3.05) is 13.2 Å². The molecule has 2 aliphatic rings. The Hall–Kier alpha value is -4.22. The highest BCUT2D eigenvalue weighted by Gasteiger charge is 2.31. The highest BCUT2D eigenvalue weighted by Crippen LogP contribution is 2.45. The molecule has 0 amide bonds. The van der Waals surface area contributed by atoms with E-state index < -0.39 is 18.0 Å². The molecule has 0 saturated heterocycles. The molecule has 6 rings (SSSR count). The van der Waals surface area contributed by atoms with Crippen LogP contribution in [0.15, 0.2) is 97.1 Å². The molecule has 0 aliphatic heterocycles. The number of carbonyl (C=O) groups excluding carboxylic acids is 2. The highest BCUT2D eigenvalue weighted by atomic mass is 16.5. The van der Waals surface area contributed by atoms with Gasteiger partial charge in [-0.05, 0) is 44.5 Å². The van der Waals surface area contributed by atoms with Crippen LogP contribution in [0.5, 0.6) is 0 Å². The predicted octanol–water partition coefficient (Wildman–Crippen LogP) is 5.42. The van der Waals surface area contributed by atoms with Crippen molar-refractivity contribution >= 4 is 11.9 Å². The van der Waals surface area contributed by atoms with E-state index >= 15 is 0 Å². The summed E-state index contributed by atoms with van der Waals surface area (Å²) in [6.45, 7) is 0.371. The fourth-order valence-electron chi connectivity index (χ4n) is 5.65. The van der Waals surface area contributed by atoms with Gasteiger partial charge in [0, 0.05) is 11.8 Å². The first-order chi connectivity index (χ1) is 18.1. The van der Waals surface area contributed by atoms with E-state index in [1.54, 1.807) is 0 Å². The van der Waals surface area contributed by atoms with E-state index in [1.165, 1.54) is 0 Å². The number of hydrogen-bond acceptors (Lipinski definition) is 5. The molecule has 2 N–H and O–H groups in total. The van der Waals surface area contributed by atoms with Gasteiger partial charge in [0.15, 0.2) is 0 Å². The van der Waals surface area contributed by atoms with Gasteiger partial charge >= 0.3 is 11.9 Å². The Balaban J connectivity index is 1.06. The van der Waals surface area contributed by atoms with Crippen molar-refractivity contribution in [3.63, 3.8) is 0 Å². The van der Waals surface area contributed by atoms with Crippen LogP contribution in [0, 0.1) is 0 Å². The summed E-state index contributed by atoms with van der Waals surface area (Å²) in [7, 11) is 0. The molecule has 184 valence electrons. The molecular weight excluding hydrogens is 462 g/mol. The molecule has 0 saturated carbocycles. The number of hydrogen-bond donors (Lipinski definition) is 1. The summed E-state index contributed by atoms with van der Waals surface area (Å²) in [5.41, 5.74) is 15.2. The minimum Gasteiger partial charge on any atom is -0.465 e. The van der Waals surface area contributed by atoms with E-state index in [-0.39, 0.29) is 31.5 Å². The number of fused-ring (bicyclic) bond motifs is 6. The fraction of sp³-hybridized carbons (Fsp3) is 0.188. The zero-order valence-electron chi connectivity index (χ0n) is 20.3. The first-order valence-electron chi connectivity index (χ1n) is 12.6. The van der Waals surface area contributed by atoms with Crippen molar-refractivity contribution in [1.82, 2.24) is 0 Å². The summed E-state index contributed by atoms with van der Waals surface area (Å²) in [5.74, 6) is -1.21. The van der Waals surface area contributed by atoms with Gasteiger partial charge in [0.25, 0.3) is 0 Å². The molecule has 1 atom stereocenters. The van der Waals surface area contributed by atoms with E-state index in [4.69, 9.17) is 15.2 Å². The Morgan fingerprint density at radius 3 is 1.35 bits per heavy atom. The van der Waals surface area contributed by atoms with E-state index in [1.807, 2.05) is 48.5 Å². The minimum absolute atomic E-state index is 0.0398. The standard InChI is InChI=1S/C32H27NO4/c33-30(32(35)37-19-29-26-15-7-3-11-22(26)23-12-4-8-16-27(23)29)17-31(34)36-18-28-24-13-5-1-9-20(24)21-10-2-6-14-25(21)28/h1-16,28-30H,17-19,33H2. The van der Waals surface area contributed by atoms with Crippen LogP contribution in [-0.2, 0) is 19.1 Å². The molecule has 5 nitrogen and oxygen atoms in total. The van der Waals surface area contributed by atoms with Crippen molar-refractivity contribution in [3.05, 3.63) is 119 Å². The summed E-state index contributed by atoms with van der Waals surface area (Å²) in [6, 6.07) is 31.5. The quantitative estimate of drug-likeness (QED) is 0.351. The van der Waals surface area contributed by atoms with Gasteiger partial charge in [0.1, 0.15) is 19.3 Å². The average molecular weight is 490 g/mol. The van der Waals surface area contributed by atoms with Gasteiger partial charge in [-0.1, -0.05) is 97.1 Å². The molecule has 4 aromatic carbocycles. The van der Waals surface area contributed by atoms with Gasteiger partial charge < -0.3 is 15.2 Å². The lowest BCUT2D eigenvalue weighted by Crippen LogP contribution is -2.36. The normalized spacial score (nSPS) is 14.3. The van der Waals surface area contributed by atoms with Crippen LogP contribution in [0.1, 0.15) is 40.5 Å². The van der Waals surface area contributed by atoms with Crippen LogP contribution in [0.2, 0.25) is 0 Å². The zero-order chi connectivity index (χ0) is 25.4. The van der Waals surface area contributed by atoms with Gasteiger partial charge in [-0.2, -0.15) is 0 Å². The number of nitrogens with two attached hydrogens (primary N) is 1. The van der Waals surface area contributed by atoms with Crippen molar-refractivity contribution in [2.45, 2.75) is 24.3 Å². The maximum absolute atomic E-state index is 12.7. The molecule has 37 heavy (non-hydrogen) atoms. The van der Waals surface area contributed by atoms with Crippen LogP contribution in [-0.4, -0.2) is 31.2 Å². The molecule has 0 aromatic heterocycles. The van der Waals surface area contributed by atoms with Gasteiger partial charge in [-0.3, -0.25) is 9.59 Å². The molecule has 4 aromatic rings. The first-order valence-corrected chi connectivity index (χ1v) is 12.6. The summed E-state index contributed by atoms with van der Waals surface area (Å²) >= 11 is 0. The molecule has 0 radical (unpaired) electrons. The molecule has 0 bridgehead atoms. The first kappa shape index (κ1) is 23.2. The van der Waals surface area contributed by atoms with Crippen LogP contribution >= 0.6 is 0 Å². The van der Waals surface area contributed by atoms with Crippen molar-refractivity contribution in [2.24, 2.45) is 5.73 Å². The lowest BCUT2D eigenvalue weighted by atomic mass is 9.98. The van der Waals surface area contributed by atoms with Crippen LogP contribution in [0.25, 0.3) is 22.3 Å². The number of rotatable bonds is 7. The smallest absolute Gasteiger partial charge is 0.323 e. The zero-order valence-corrected chi connectivity index (χ0v) is 20.3. The molecule has 0 spiro atoms. The maximum Gasteiger partial charge on any atom is 0.323 e. The van der Waals surface area contributed by atoms with Crippen molar-refractivity contribution < 1.29 is 19.1 Å². The van der Waals surface area contributed by atoms with Gasteiger partial charge in [0.2, 0.25) is 0 Å². The number of carbonyl (C=O) groups is 2. The van der Waals surface area contributed by atoms with Gasteiger partial charge in [-0.25, -0.2) is 0 Å². The molecule has 2 aliphatic carbocycles. The Bertz CT molecular complexity index is 1400. The third kappa shape index (κ3) is 4.21. The number of ether oxygens (including phenoxy) is 2. The van der Waals surface area contributed by atoms with Crippen LogP contribution in [0.3, 0.4) is 0 Å².